The topological polar surface area (TPSA) is 63.1 Å². The zero-order valence-electron chi connectivity index (χ0n) is 8.61. The summed E-state index contributed by atoms with van der Waals surface area (Å²) < 4.78 is 0. The molecule has 0 fully saturated rings. The van der Waals surface area contributed by atoms with E-state index in [9.17, 15) is 4.79 Å². The number of carboxylic acids is 1. The lowest BCUT2D eigenvalue weighted by atomic mass is 9.87. The molecule has 1 aromatic heterocycles. The van der Waals surface area contributed by atoms with Gasteiger partial charge in [-0.1, -0.05) is 0 Å². The number of rotatable bonds is 3. The van der Waals surface area contributed by atoms with Gasteiger partial charge >= 0.3 is 5.97 Å². The highest BCUT2D eigenvalue weighted by Gasteiger charge is 2.28. The molecule has 0 bridgehead atoms. The maximum Gasteiger partial charge on any atom is 0.309 e. The molecular formula is C10H14N2O2. The van der Waals surface area contributed by atoms with Crippen LogP contribution < -0.4 is 0 Å². The van der Waals surface area contributed by atoms with E-state index in [1.807, 2.05) is 6.92 Å². The van der Waals surface area contributed by atoms with E-state index in [0.29, 0.717) is 6.42 Å². The third-order valence-corrected chi connectivity index (χ3v) is 2.17. The van der Waals surface area contributed by atoms with Crippen molar-refractivity contribution in [2.75, 3.05) is 0 Å². The van der Waals surface area contributed by atoms with Crippen LogP contribution in [-0.2, 0) is 11.2 Å². The molecule has 76 valence electrons. The van der Waals surface area contributed by atoms with Gasteiger partial charge in [0.2, 0.25) is 0 Å². The van der Waals surface area contributed by atoms with Crippen molar-refractivity contribution in [2.45, 2.75) is 27.2 Å². The predicted octanol–water partition coefficient (Wildman–Crippen LogP) is 1.44. The van der Waals surface area contributed by atoms with E-state index < -0.39 is 11.4 Å². The number of carbonyl (C=O) groups is 1. The average molecular weight is 194 g/mol. The fourth-order valence-electron chi connectivity index (χ4n) is 1.10. The summed E-state index contributed by atoms with van der Waals surface area (Å²) in [5, 5.41) is 8.95. The van der Waals surface area contributed by atoms with Crippen molar-refractivity contribution < 1.29 is 9.90 Å². The van der Waals surface area contributed by atoms with Gasteiger partial charge in [-0.3, -0.25) is 14.8 Å². The van der Waals surface area contributed by atoms with E-state index in [2.05, 4.69) is 9.97 Å². The highest BCUT2D eigenvalue weighted by Crippen LogP contribution is 2.21. The van der Waals surface area contributed by atoms with Gasteiger partial charge in [0, 0.05) is 18.8 Å². The number of aromatic nitrogens is 2. The van der Waals surface area contributed by atoms with E-state index in [1.165, 1.54) is 0 Å². The van der Waals surface area contributed by atoms with Crippen LogP contribution in [0.2, 0.25) is 0 Å². The summed E-state index contributed by atoms with van der Waals surface area (Å²) in [6, 6.07) is 0. The lowest BCUT2D eigenvalue weighted by molar-refractivity contribution is -0.146. The highest BCUT2D eigenvalue weighted by molar-refractivity contribution is 5.73. The first-order valence-corrected chi connectivity index (χ1v) is 4.43. The summed E-state index contributed by atoms with van der Waals surface area (Å²) in [6.45, 7) is 5.20. The Balaban J connectivity index is 2.89. The minimum absolute atomic E-state index is 0.405. The number of aliphatic carboxylic acids is 1. The fourth-order valence-corrected chi connectivity index (χ4v) is 1.10. The first kappa shape index (κ1) is 10.6. The van der Waals surface area contributed by atoms with Gasteiger partial charge < -0.3 is 5.11 Å². The third-order valence-electron chi connectivity index (χ3n) is 2.17. The van der Waals surface area contributed by atoms with Crippen LogP contribution in [0.5, 0.6) is 0 Å². The molecule has 4 nitrogen and oxygen atoms in total. The number of hydrogen-bond donors (Lipinski definition) is 1. The Morgan fingerprint density at radius 1 is 1.43 bits per heavy atom. The summed E-state index contributed by atoms with van der Waals surface area (Å²) in [7, 11) is 0. The van der Waals surface area contributed by atoms with Crippen LogP contribution in [0.25, 0.3) is 0 Å². The summed E-state index contributed by atoms with van der Waals surface area (Å²) in [5.41, 5.74) is 0.752. The first-order chi connectivity index (χ1) is 6.43. The van der Waals surface area contributed by atoms with E-state index >= 15 is 0 Å². The van der Waals surface area contributed by atoms with Crippen molar-refractivity contribution in [3.05, 3.63) is 23.8 Å². The molecule has 14 heavy (non-hydrogen) atoms. The summed E-state index contributed by atoms with van der Waals surface area (Å²) in [5.74, 6) is -0.817. The SMILES string of the molecule is Cc1nccnc1CC(C)(C)C(=O)O. The lowest BCUT2D eigenvalue weighted by Crippen LogP contribution is -2.27. The quantitative estimate of drug-likeness (QED) is 0.790. The standard InChI is InChI=1S/C10H14N2O2/c1-7-8(12-5-4-11-7)6-10(2,3)9(13)14/h4-5H,6H2,1-3H3,(H,13,14). The van der Waals surface area contributed by atoms with Crippen LogP contribution in [0.3, 0.4) is 0 Å². The summed E-state index contributed by atoms with van der Waals surface area (Å²) in [6.07, 6.45) is 3.59. The minimum atomic E-state index is -0.817. The van der Waals surface area contributed by atoms with Crippen molar-refractivity contribution in [2.24, 2.45) is 5.41 Å². The molecule has 1 heterocycles. The van der Waals surface area contributed by atoms with Gasteiger partial charge in [-0.15, -0.1) is 0 Å². The predicted molar refractivity (Wildman–Crippen MR) is 51.9 cm³/mol. The number of hydrogen-bond acceptors (Lipinski definition) is 3. The molecule has 0 unspecified atom stereocenters. The maximum atomic E-state index is 10.9. The van der Waals surface area contributed by atoms with Crippen LogP contribution >= 0.6 is 0 Å². The molecule has 1 aromatic rings. The Hall–Kier alpha value is -1.45. The largest absolute Gasteiger partial charge is 0.481 e. The Bertz CT molecular complexity index is 348. The molecule has 0 radical (unpaired) electrons. The molecule has 0 saturated carbocycles. The van der Waals surface area contributed by atoms with Crippen LogP contribution in [0.4, 0.5) is 0 Å². The molecule has 1 rings (SSSR count). The van der Waals surface area contributed by atoms with E-state index in [-0.39, 0.29) is 0 Å². The van der Waals surface area contributed by atoms with E-state index in [0.717, 1.165) is 11.4 Å². The van der Waals surface area contributed by atoms with Gasteiger partial charge in [0.1, 0.15) is 0 Å². The Labute approximate surface area is 83.0 Å². The summed E-state index contributed by atoms with van der Waals surface area (Å²) >= 11 is 0. The smallest absolute Gasteiger partial charge is 0.309 e. The van der Waals surface area contributed by atoms with Crippen LogP contribution in [0, 0.1) is 12.3 Å². The van der Waals surface area contributed by atoms with Gasteiger partial charge in [-0.25, -0.2) is 0 Å². The zero-order valence-corrected chi connectivity index (χ0v) is 8.61. The number of nitrogens with zero attached hydrogens (tertiary/aromatic N) is 2. The molecule has 0 spiro atoms. The Kier molecular flexibility index (Phi) is 2.84. The Morgan fingerprint density at radius 2 is 2.00 bits per heavy atom. The van der Waals surface area contributed by atoms with E-state index in [4.69, 9.17) is 5.11 Å². The van der Waals surface area contributed by atoms with Gasteiger partial charge in [0.15, 0.2) is 0 Å². The first-order valence-electron chi connectivity index (χ1n) is 4.43. The molecule has 0 aliphatic carbocycles. The number of aryl methyl sites for hydroxylation is 1. The monoisotopic (exact) mass is 194 g/mol. The van der Waals surface area contributed by atoms with Crippen LogP contribution in [0.1, 0.15) is 25.2 Å². The van der Waals surface area contributed by atoms with Crippen LogP contribution in [-0.4, -0.2) is 21.0 Å². The van der Waals surface area contributed by atoms with Crippen molar-refractivity contribution >= 4 is 5.97 Å². The molecular weight excluding hydrogens is 180 g/mol. The van der Waals surface area contributed by atoms with Crippen molar-refractivity contribution in [1.82, 2.24) is 9.97 Å². The highest BCUT2D eigenvalue weighted by atomic mass is 16.4. The second-order valence-corrected chi connectivity index (χ2v) is 3.95. The molecule has 0 aliphatic heterocycles. The van der Waals surface area contributed by atoms with Crippen LogP contribution in [0.15, 0.2) is 12.4 Å². The molecule has 4 heteroatoms. The molecule has 0 atom stereocenters. The van der Waals surface area contributed by atoms with Crippen molar-refractivity contribution in [3.8, 4) is 0 Å². The van der Waals surface area contributed by atoms with Gasteiger partial charge in [0.25, 0.3) is 0 Å². The Morgan fingerprint density at radius 3 is 2.50 bits per heavy atom. The average Bonchev–Trinajstić information content (AvgIpc) is 2.08. The number of carboxylic acid groups (broad SMARTS) is 1. The molecule has 1 N–H and O–H groups in total. The van der Waals surface area contributed by atoms with Gasteiger partial charge in [-0.2, -0.15) is 0 Å². The van der Waals surface area contributed by atoms with Gasteiger partial charge in [-0.05, 0) is 20.8 Å². The summed E-state index contributed by atoms with van der Waals surface area (Å²) in [4.78, 5) is 19.1. The molecule has 0 aliphatic rings. The maximum absolute atomic E-state index is 10.9. The fraction of sp³-hybridized carbons (Fsp3) is 0.500. The molecule has 0 amide bonds. The lowest BCUT2D eigenvalue weighted by Gasteiger charge is -2.18. The second kappa shape index (κ2) is 3.74. The molecule has 0 saturated heterocycles. The minimum Gasteiger partial charge on any atom is -0.481 e. The zero-order chi connectivity index (χ0) is 10.8. The second-order valence-electron chi connectivity index (χ2n) is 3.95. The van der Waals surface area contributed by atoms with Gasteiger partial charge in [0.05, 0.1) is 16.8 Å². The van der Waals surface area contributed by atoms with E-state index in [1.54, 1.807) is 26.2 Å². The third kappa shape index (κ3) is 2.28. The normalized spacial score (nSPS) is 11.4. The molecule has 0 aromatic carbocycles. The van der Waals surface area contributed by atoms with Crippen molar-refractivity contribution in [3.63, 3.8) is 0 Å². The van der Waals surface area contributed by atoms with Crippen molar-refractivity contribution in [1.29, 1.82) is 0 Å².